The van der Waals surface area contributed by atoms with Crippen LogP contribution in [0.2, 0.25) is 0 Å². The average Bonchev–Trinajstić information content (AvgIpc) is 2.89. The average molecular weight is 280 g/mol. The Morgan fingerprint density at radius 1 is 1.42 bits per heavy atom. The Balaban J connectivity index is 1.67. The van der Waals surface area contributed by atoms with Gasteiger partial charge in [0, 0.05) is 18.0 Å². The molecule has 1 aromatic carbocycles. The molecule has 1 amide bonds. The van der Waals surface area contributed by atoms with Crippen molar-refractivity contribution in [1.82, 2.24) is 4.98 Å². The van der Waals surface area contributed by atoms with Crippen molar-refractivity contribution >= 4 is 22.4 Å². The lowest BCUT2D eigenvalue weighted by Crippen LogP contribution is -2.12. The largest absolute Gasteiger partial charge is 0.491 e. The summed E-state index contributed by atoms with van der Waals surface area (Å²) in [7, 11) is 0. The first-order valence-electron chi connectivity index (χ1n) is 5.82. The number of hydrogen-bond acceptors (Lipinski definition) is 4. The fraction of sp³-hybridized carbons (Fsp3) is 0.231. The van der Waals surface area contributed by atoms with E-state index in [1.807, 2.05) is 0 Å². The molecule has 0 spiro atoms. The quantitative estimate of drug-likeness (QED) is 0.827. The van der Waals surface area contributed by atoms with E-state index in [0.29, 0.717) is 24.6 Å². The van der Waals surface area contributed by atoms with Gasteiger partial charge >= 0.3 is 0 Å². The van der Waals surface area contributed by atoms with Crippen LogP contribution >= 0.6 is 11.3 Å². The van der Waals surface area contributed by atoms with Gasteiger partial charge in [-0.3, -0.25) is 4.79 Å². The maximum Gasteiger partial charge on any atom is 0.226 e. The van der Waals surface area contributed by atoms with E-state index in [0.717, 1.165) is 0 Å². The van der Waals surface area contributed by atoms with Gasteiger partial charge in [0.1, 0.15) is 0 Å². The zero-order valence-corrected chi connectivity index (χ0v) is 11.0. The number of anilines is 1. The number of halogens is 1. The number of para-hydroxylation sites is 1. The molecule has 0 fully saturated rings. The highest BCUT2D eigenvalue weighted by Crippen LogP contribution is 2.16. The Kier molecular flexibility index (Phi) is 4.85. The Morgan fingerprint density at radius 2 is 2.26 bits per heavy atom. The van der Waals surface area contributed by atoms with E-state index in [1.165, 1.54) is 17.4 Å². The van der Waals surface area contributed by atoms with Gasteiger partial charge in [0.05, 0.1) is 6.61 Å². The van der Waals surface area contributed by atoms with Crippen molar-refractivity contribution in [2.24, 2.45) is 0 Å². The molecular formula is C13H13FN2O2S. The second-order valence-corrected chi connectivity index (χ2v) is 4.66. The number of rotatable bonds is 6. The van der Waals surface area contributed by atoms with Gasteiger partial charge in [-0.25, -0.2) is 9.37 Å². The molecule has 0 radical (unpaired) electrons. The number of amides is 1. The van der Waals surface area contributed by atoms with Crippen molar-refractivity contribution < 1.29 is 13.9 Å². The molecule has 0 unspecified atom stereocenters. The number of ether oxygens (including phenoxy) is 1. The molecule has 6 heteroatoms. The first kappa shape index (κ1) is 13.5. The summed E-state index contributed by atoms with van der Waals surface area (Å²) in [5, 5.41) is 5.04. The van der Waals surface area contributed by atoms with Crippen LogP contribution < -0.4 is 10.1 Å². The van der Waals surface area contributed by atoms with Crippen LogP contribution in [0, 0.1) is 5.82 Å². The zero-order valence-electron chi connectivity index (χ0n) is 10.1. The summed E-state index contributed by atoms with van der Waals surface area (Å²) >= 11 is 1.37. The summed E-state index contributed by atoms with van der Waals surface area (Å²) < 4.78 is 18.5. The maximum atomic E-state index is 13.2. The van der Waals surface area contributed by atoms with Gasteiger partial charge < -0.3 is 10.1 Å². The predicted octanol–water partition coefficient (Wildman–Crippen LogP) is 3.08. The minimum Gasteiger partial charge on any atom is -0.491 e. The Morgan fingerprint density at radius 3 is 3.00 bits per heavy atom. The molecule has 0 aliphatic carbocycles. The normalized spacial score (nSPS) is 10.2. The van der Waals surface area contributed by atoms with Gasteiger partial charge in [0.2, 0.25) is 5.91 Å². The number of nitrogens with one attached hydrogen (secondary N) is 1. The molecule has 0 bridgehead atoms. The molecule has 1 N–H and O–H groups in total. The molecule has 4 nitrogen and oxygen atoms in total. The molecule has 0 saturated carbocycles. The molecule has 100 valence electrons. The molecule has 2 rings (SSSR count). The predicted molar refractivity (Wildman–Crippen MR) is 71.9 cm³/mol. The lowest BCUT2D eigenvalue weighted by atomic mass is 10.3. The lowest BCUT2D eigenvalue weighted by molar-refractivity contribution is -0.116. The van der Waals surface area contributed by atoms with Gasteiger partial charge in [0.25, 0.3) is 0 Å². The summed E-state index contributed by atoms with van der Waals surface area (Å²) in [6.45, 7) is 0.298. The Labute approximate surface area is 114 Å². The van der Waals surface area contributed by atoms with Crippen LogP contribution in [0.1, 0.15) is 12.8 Å². The number of nitrogens with zero attached hydrogens (tertiary/aromatic N) is 1. The van der Waals surface area contributed by atoms with Crippen molar-refractivity contribution in [3.8, 4) is 5.75 Å². The van der Waals surface area contributed by atoms with Crippen LogP contribution in [0.3, 0.4) is 0 Å². The number of aromatic nitrogens is 1. The third kappa shape index (κ3) is 4.33. The molecule has 0 aliphatic rings. The molecule has 2 aromatic rings. The molecule has 0 atom stereocenters. The van der Waals surface area contributed by atoms with Crippen molar-refractivity contribution in [1.29, 1.82) is 0 Å². The highest BCUT2D eigenvalue weighted by atomic mass is 32.1. The number of benzene rings is 1. The smallest absolute Gasteiger partial charge is 0.226 e. The van der Waals surface area contributed by atoms with Crippen LogP contribution in [-0.2, 0) is 4.79 Å². The minimum absolute atomic E-state index is 0.118. The van der Waals surface area contributed by atoms with E-state index in [-0.39, 0.29) is 11.7 Å². The van der Waals surface area contributed by atoms with Gasteiger partial charge in [-0.1, -0.05) is 12.1 Å². The van der Waals surface area contributed by atoms with Gasteiger partial charge in [-0.05, 0) is 18.6 Å². The number of carbonyl (C=O) groups is 1. The fourth-order valence-electron chi connectivity index (χ4n) is 1.44. The third-order valence-electron chi connectivity index (χ3n) is 2.32. The van der Waals surface area contributed by atoms with Crippen LogP contribution in [0.15, 0.2) is 35.8 Å². The highest BCUT2D eigenvalue weighted by Gasteiger charge is 2.05. The summed E-state index contributed by atoms with van der Waals surface area (Å²) in [6, 6.07) is 6.20. The topological polar surface area (TPSA) is 51.2 Å². The second-order valence-electron chi connectivity index (χ2n) is 3.77. The first-order valence-corrected chi connectivity index (χ1v) is 6.70. The van der Waals surface area contributed by atoms with E-state index in [1.54, 1.807) is 29.8 Å². The van der Waals surface area contributed by atoms with Gasteiger partial charge in [0.15, 0.2) is 16.7 Å². The molecule has 0 saturated heterocycles. The van der Waals surface area contributed by atoms with E-state index >= 15 is 0 Å². The SMILES string of the molecule is O=C(CCCOc1ccccc1F)Nc1nccs1. The van der Waals surface area contributed by atoms with Crippen LogP contribution in [0.4, 0.5) is 9.52 Å². The van der Waals surface area contributed by atoms with Crippen molar-refractivity contribution in [3.05, 3.63) is 41.7 Å². The second kappa shape index (κ2) is 6.84. The maximum absolute atomic E-state index is 13.2. The Bertz CT molecular complexity index is 531. The summed E-state index contributed by atoms with van der Waals surface area (Å²) in [4.78, 5) is 15.5. The summed E-state index contributed by atoms with van der Waals surface area (Å²) in [5.74, 6) is -0.301. The molecule has 1 heterocycles. The third-order valence-corrected chi connectivity index (χ3v) is 3.01. The van der Waals surface area contributed by atoms with Crippen molar-refractivity contribution in [2.45, 2.75) is 12.8 Å². The Hall–Kier alpha value is -1.95. The van der Waals surface area contributed by atoms with Crippen molar-refractivity contribution in [2.75, 3.05) is 11.9 Å². The van der Waals surface area contributed by atoms with Gasteiger partial charge in [-0.2, -0.15) is 0 Å². The monoisotopic (exact) mass is 280 g/mol. The number of hydrogen-bond donors (Lipinski definition) is 1. The zero-order chi connectivity index (χ0) is 13.5. The number of thiazole rings is 1. The molecule has 0 aliphatic heterocycles. The van der Waals surface area contributed by atoms with E-state index in [9.17, 15) is 9.18 Å². The summed E-state index contributed by atoms with van der Waals surface area (Å²) in [6.07, 6.45) is 2.46. The summed E-state index contributed by atoms with van der Waals surface area (Å²) in [5.41, 5.74) is 0. The van der Waals surface area contributed by atoms with E-state index in [4.69, 9.17) is 4.74 Å². The highest BCUT2D eigenvalue weighted by molar-refractivity contribution is 7.13. The van der Waals surface area contributed by atoms with Crippen LogP contribution in [-0.4, -0.2) is 17.5 Å². The fourth-order valence-corrected chi connectivity index (χ4v) is 1.99. The molecular weight excluding hydrogens is 267 g/mol. The van der Waals surface area contributed by atoms with Gasteiger partial charge in [-0.15, -0.1) is 11.3 Å². The van der Waals surface area contributed by atoms with E-state index in [2.05, 4.69) is 10.3 Å². The van der Waals surface area contributed by atoms with Crippen LogP contribution in [0.5, 0.6) is 5.75 Å². The van der Waals surface area contributed by atoms with E-state index < -0.39 is 5.82 Å². The molecule has 1 aromatic heterocycles. The standard InChI is InChI=1S/C13H13FN2O2S/c14-10-4-1-2-5-11(10)18-8-3-6-12(17)16-13-15-7-9-19-13/h1-2,4-5,7,9H,3,6,8H2,(H,15,16,17). The lowest BCUT2D eigenvalue weighted by Gasteiger charge is -2.06. The van der Waals surface area contributed by atoms with Crippen molar-refractivity contribution in [3.63, 3.8) is 0 Å². The minimum atomic E-state index is -0.394. The molecule has 19 heavy (non-hydrogen) atoms. The van der Waals surface area contributed by atoms with Crippen LogP contribution in [0.25, 0.3) is 0 Å². The number of carbonyl (C=O) groups excluding carboxylic acids is 1. The first-order chi connectivity index (χ1) is 9.25.